The van der Waals surface area contributed by atoms with E-state index in [1.165, 1.54) is 19.2 Å². The highest BCUT2D eigenvalue weighted by Crippen LogP contribution is 2.38. The van der Waals surface area contributed by atoms with Crippen molar-refractivity contribution in [3.8, 4) is 0 Å². The summed E-state index contributed by atoms with van der Waals surface area (Å²) in [5.74, 6) is -0.498. The fraction of sp³-hybridized carbons (Fsp3) is 0.238. The molecule has 0 aliphatic heterocycles. The van der Waals surface area contributed by atoms with Crippen LogP contribution >= 0.6 is 0 Å². The van der Waals surface area contributed by atoms with Crippen LogP contribution in [0.5, 0.6) is 0 Å². The molecule has 0 radical (unpaired) electrons. The van der Waals surface area contributed by atoms with Gasteiger partial charge in [0, 0.05) is 25.6 Å². The maximum atomic E-state index is 13.2. The zero-order valence-corrected chi connectivity index (χ0v) is 16.6. The molecule has 0 fully saturated rings. The van der Waals surface area contributed by atoms with Crippen LogP contribution in [-0.4, -0.2) is 34.8 Å². The highest BCUT2D eigenvalue weighted by Gasteiger charge is 2.41. The molecule has 28 heavy (non-hydrogen) atoms. The molecule has 1 unspecified atom stereocenters. The summed E-state index contributed by atoms with van der Waals surface area (Å²) in [5, 5.41) is 3.08. The lowest BCUT2D eigenvalue weighted by molar-refractivity contribution is 0.0308. The van der Waals surface area contributed by atoms with E-state index in [0.29, 0.717) is 18.5 Å². The molecular weight excluding hydrogens is 379 g/mol. The maximum absolute atomic E-state index is 13.2. The monoisotopic (exact) mass is 402 g/mol. The first-order valence-corrected chi connectivity index (χ1v) is 10.3. The van der Waals surface area contributed by atoms with Gasteiger partial charge in [0.05, 0.1) is 4.90 Å². The van der Waals surface area contributed by atoms with Crippen LogP contribution in [0.25, 0.3) is 5.57 Å². The molecule has 0 amide bonds. The van der Waals surface area contributed by atoms with Gasteiger partial charge in [0.2, 0.25) is 10.0 Å². The van der Waals surface area contributed by atoms with Gasteiger partial charge >= 0.3 is 0 Å². The first-order valence-electron chi connectivity index (χ1n) is 8.85. The van der Waals surface area contributed by atoms with Crippen molar-refractivity contribution in [2.24, 2.45) is 0 Å². The van der Waals surface area contributed by atoms with Gasteiger partial charge in [0.1, 0.15) is 5.82 Å². The zero-order chi connectivity index (χ0) is 20.2. The second kappa shape index (κ2) is 8.36. The van der Waals surface area contributed by atoms with E-state index in [2.05, 4.69) is 10.0 Å². The van der Waals surface area contributed by atoms with Crippen molar-refractivity contribution < 1.29 is 17.5 Å². The largest absolute Gasteiger partial charge is 0.358 e. The first-order chi connectivity index (χ1) is 13.4. The third-order valence-corrected chi connectivity index (χ3v) is 6.15. The van der Waals surface area contributed by atoms with Gasteiger partial charge in [-0.05, 0) is 36.9 Å². The fourth-order valence-electron chi connectivity index (χ4n) is 3.31. The number of hydrogen-bond acceptors (Lipinski definition) is 4. The number of rotatable bonds is 7. The molecule has 0 spiro atoms. The number of halogens is 1. The molecule has 148 valence electrons. The third kappa shape index (κ3) is 4.23. The lowest BCUT2D eigenvalue weighted by Crippen LogP contribution is -2.52. The average molecular weight is 402 g/mol. The number of likely N-dealkylation sites (N-methyl/N-ethyl adjacent to an activating group) is 1. The summed E-state index contributed by atoms with van der Waals surface area (Å²) in [7, 11) is -0.650. The summed E-state index contributed by atoms with van der Waals surface area (Å²) >= 11 is 0. The van der Waals surface area contributed by atoms with E-state index in [1.807, 2.05) is 49.5 Å². The van der Waals surface area contributed by atoms with Crippen LogP contribution in [0.2, 0.25) is 0 Å². The van der Waals surface area contributed by atoms with Gasteiger partial charge in [-0.1, -0.05) is 48.1 Å². The number of ether oxygens (including phenoxy) is 1. The van der Waals surface area contributed by atoms with Crippen LogP contribution in [0, 0.1) is 5.82 Å². The van der Waals surface area contributed by atoms with Crippen LogP contribution in [0.3, 0.4) is 0 Å². The molecule has 3 rings (SSSR count). The number of allylic oxidation sites excluding steroid dienone is 2. The average Bonchev–Trinajstić information content (AvgIpc) is 2.69. The molecule has 0 saturated heterocycles. The number of nitrogens with one attached hydrogen (secondary N) is 2. The molecule has 5 nitrogen and oxygen atoms in total. The second-order valence-corrected chi connectivity index (χ2v) is 8.25. The summed E-state index contributed by atoms with van der Waals surface area (Å²) in [4.78, 5) is -0.0255. The first kappa shape index (κ1) is 20.4. The highest BCUT2D eigenvalue weighted by molar-refractivity contribution is 7.89. The molecule has 1 atom stereocenters. The Balaban J connectivity index is 2.05. The van der Waals surface area contributed by atoms with Gasteiger partial charge in [0.25, 0.3) is 0 Å². The Morgan fingerprint density at radius 3 is 2.36 bits per heavy atom. The minimum absolute atomic E-state index is 0.0255. The van der Waals surface area contributed by atoms with E-state index in [0.717, 1.165) is 23.3 Å². The highest BCUT2D eigenvalue weighted by atomic mass is 32.2. The fourth-order valence-corrected chi connectivity index (χ4v) is 4.62. The van der Waals surface area contributed by atoms with Gasteiger partial charge in [-0.15, -0.1) is 0 Å². The lowest BCUT2D eigenvalue weighted by Gasteiger charge is -2.38. The number of benzene rings is 2. The van der Waals surface area contributed by atoms with Crippen molar-refractivity contribution in [3.05, 3.63) is 83.7 Å². The van der Waals surface area contributed by atoms with E-state index >= 15 is 0 Å². The van der Waals surface area contributed by atoms with Crippen molar-refractivity contribution in [1.29, 1.82) is 0 Å². The number of sulfonamides is 1. The van der Waals surface area contributed by atoms with Crippen LogP contribution in [-0.2, 0) is 14.8 Å². The van der Waals surface area contributed by atoms with Crippen LogP contribution in [0.1, 0.15) is 12.0 Å². The molecule has 1 aliphatic carbocycles. The van der Waals surface area contributed by atoms with Crippen molar-refractivity contribution in [3.63, 3.8) is 0 Å². The van der Waals surface area contributed by atoms with E-state index in [-0.39, 0.29) is 4.90 Å². The van der Waals surface area contributed by atoms with Crippen LogP contribution in [0.4, 0.5) is 4.39 Å². The SMILES string of the molecule is CNCC1=CC=C(c2ccccc2)C(NS(=O)(=O)c2ccc(F)cc2)(OC)C1. The minimum atomic E-state index is -3.96. The van der Waals surface area contributed by atoms with Gasteiger partial charge in [0.15, 0.2) is 5.72 Å². The summed E-state index contributed by atoms with van der Waals surface area (Å²) in [6.45, 7) is 0.599. The Hall–Kier alpha value is -2.32. The van der Waals surface area contributed by atoms with E-state index in [1.54, 1.807) is 0 Å². The molecular formula is C21H23FN2O3S. The van der Waals surface area contributed by atoms with E-state index < -0.39 is 21.6 Å². The van der Waals surface area contributed by atoms with Crippen molar-refractivity contribution in [2.45, 2.75) is 17.0 Å². The Morgan fingerprint density at radius 2 is 1.75 bits per heavy atom. The number of hydrogen-bond donors (Lipinski definition) is 2. The Morgan fingerprint density at radius 1 is 1.07 bits per heavy atom. The summed E-state index contributed by atoms with van der Waals surface area (Å²) in [6, 6.07) is 14.2. The lowest BCUT2D eigenvalue weighted by atomic mass is 9.85. The van der Waals surface area contributed by atoms with Crippen molar-refractivity contribution in [1.82, 2.24) is 10.0 Å². The van der Waals surface area contributed by atoms with Gasteiger partial charge in [-0.2, -0.15) is 4.72 Å². The van der Waals surface area contributed by atoms with Gasteiger partial charge in [-0.25, -0.2) is 12.8 Å². The smallest absolute Gasteiger partial charge is 0.243 e. The van der Waals surface area contributed by atoms with Gasteiger partial charge < -0.3 is 10.1 Å². The molecule has 0 saturated carbocycles. The quantitative estimate of drug-likeness (QED) is 0.699. The summed E-state index contributed by atoms with van der Waals surface area (Å²) in [5.41, 5.74) is 1.27. The summed E-state index contributed by atoms with van der Waals surface area (Å²) in [6.07, 6.45) is 4.19. The van der Waals surface area contributed by atoms with Crippen molar-refractivity contribution in [2.75, 3.05) is 20.7 Å². The standard InChI is InChI=1S/C21H23FN2O3S/c1-23-15-16-8-13-20(17-6-4-3-5-7-17)21(14-16,27-2)24-28(25,26)19-11-9-18(22)10-12-19/h3-13,23-24H,14-15H2,1-2H3. The zero-order valence-electron chi connectivity index (χ0n) is 15.8. The minimum Gasteiger partial charge on any atom is -0.358 e. The molecule has 7 heteroatoms. The molecule has 2 aromatic carbocycles. The predicted molar refractivity (Wildman–Crippen MR) is 108 cm³/mol. The maximum Gasteiger partial charge on any atom is 0.243 e. The molecule has 0 aromatic heterocycles. The molecule has 2 aromatic rings. The molecule has 0 heterocycles. The second-order valence-electron chi connectivity index (χ2n) is 6.57. The third-order valence-electron chi connectivity index (χ3n) is 4.66. The Kier molecular flexibility index (Phi) is 6.10. The Bertz CT molecular complexity index is 986. The van der Waals surface area contributed by atoms with Gasteiger partial charge in [-0.3, -0.25) is 0 Å². The van der Waals surface area contributed by atoms with E-state index in [4.69, 9.17) is 4.74 Å². The van der Waals surface area contributed by atoms with Crippen molar-refractivity contribution >= 4 is 15.6 Å². The topological polar surface area (TPSA) is 67.4 Å². The Labute approximate surface area is 165 Å². The molecule has 2 N–H and O–H groups in total. The van der Waals surface area contributed by atoms with Crippen LogP contribution in [0.15, 0.2) is 77.2 Å². The van der Waals surface area contributed by atoms with Crippen LogP contribution < -0.4 is 10.0 Å². The molecule has 0 bridgehead atoms. The predicted octanol–water partition coefficient (Wildman–Crippen LogP) is 3.08. The summed E-state index contributed by atoms with van der Waals surface area (Å²) < 4.78 is 47.8. The molecule has 1 aliphatic rings. The number of methoxy groups -OCH3 is 1. The normalized spacial score (nSPS) is 19.8. The van der Waals surface area contributed by atoms with E-state index in [9.17, 15) is 12.8 Å².